The van der Waals surface area contributed by atoms with Gasteiger partial charge in [-0.15, -0.1) is 0 Å². The third-order valence-corrected chi connectivity index (χ3v) is 4.29. The van der Waals surface area contributed by atoms with Crippen LogP contribution in [0, 0.1) is 12.8 Å². The molecule has 2 atom stereocenters. The smallest absolute Gasteiger partial charge is 0.223 e. The Kier molecular flexibility index (Phi) is 4.51. The maximum absolute atomic E-state index is 12.1. The summed E-state index contributed by atoms with van der Waals surface area (Å²) in [5.41, 5.74) is 1.18. The maximum atomic E-state index is 12.1. The number of pyridine rings is 1. The molecular formula is C17H22N4O. The molecule has 22 heavy (non-hydrogen) atoms. The summed E-state index contributed by atoms with van der Waals surface area (Å²) in [5, 5.41) is 3.05. The van der Waals surface area contributed by atoms with Gasteiger partial charge in [0.2, 0.25) is 5.91 Å². The van der Waals surface area contributed by atoms with Crippen LogP contribution < -0.4 is 5.32 Å². The van der Waals surface area contributed by atoms with Gasteiger partial charge in [-0.1, -0.05) is 6.07 Å². The van der Waals surface area contributed by atoms with E-state index in [4.69, 9.17) is 0 Å². The van der Waals surface area contributed by atoms with Gasteiger partial charge >= 0.3 is 0 Å². The molecule has 0 radical (unpaired) electrons. The first-order valence-electron chi connectivity index (χ1n) is 7.91. The maximum Gasteiger partial charge on any atom is 0.223 e. The zero-order valence-electron chi connectivity index (χ0n) is 12.9. The molecule has 3 rings (SSSR count). The molecule has 1 amide bonds. The van der Waals surface area contributed by atoms with E-state index in [0.29, 0.717) is 5.92 Å². The van der Waals surface area contributed by atoms with Gasteiger partial charge in [0.15, 0.2) is 0 Å². The Labute approximate surface area is 130 Å². The molecule has 0 bridgehead atoms. The van der Waals surface area contributed by atoms with Crippen molar-refractivity contribution in [2.24, 2.45) is 5.92 Å². The molecule has 0 aromatic carbocycles. The molecule has 1 aliphatic rings. The minimum Gasteiger partial charge on any atom is -0.356 e. The fourth-order valence-electron chi connectivity index (χ4n) is 2.84. The van der Waals surface area contributed by atoms with Crippen LogP contribution in [0.1, 0.15) is 36.6 Å². The van der Waals surface area contributed by atoms with Crippen molar-refractivity contribution in [3.63, 3.8) is 0 Å². The second kappa shape index (κ2) is 6.73. The number of carbonyl (C=O) groups is 1. The molecule has 0 unspecified atom stereocenters. The van der Waals surface area contributed by atoms with E-state index in [0.717, 1.165) is 38.2 Å². The molecule has 0 aliphatic heterocycles. The van der Waals surface area contributed by atoms with Crippen LogP contribution in [0.3, 0.4) is 0 Å². The summed E-state index contributed by atoms with van der Waals surface area (Å²) in [6, 6.07) is 3.99. The number of aryl methyl sites for hydroxylation is 2. The molecule has 5 nitrogen and oxygen atoms in total. The van der Waals surface area contributed by atoms with Gasteiger partial charge in [-0.25, -0.2) is 4.98 Å². The zero-order valence-corrected chi connectivity index (χ0v) is 12.9. The Morgan fingerprint density at radius 2 is 2.32 bits per heavy atom. The van der Waals surface area contributed by atoms with Crippen molar-refractivity contribution in [3.05, 3.63) is 48.3 Å². The zero-order chi connectivity index (χ0) is 15.4. The number of unbranched alkanes of at least 4 members (excludes halogenated alkanes) is 1. The number of hydrogen-bond donors (Lipinski definition) is 1. The second-order valence-electron chi connectivity index (χ2n) is 5.90. The highest BCUT2D eigenvalue weighted by molar-refractivity contribution is 5.82. The predicted molar refractivity (Wildman–Crippen MR) is 84.3 cm³/mol. The molecule has 116 valence electrons. The third-order valence-electron chi connectivity index (χ3n) is 4.29. The standard InChI is InChI=1S/C17H22N4O/c1-13-19-8-10-21(13)9-3-2-7-20-17(22)16-11-15(16)14-5-4-6-18-12-14/h4-6,8,10,12,15-16H,2-3,7,9,11H2,1H3,(H,20,22)/t15-,16+/m1/s1. The van der Waals surface area contributed by atoms with Gasteiger partial charge in [0.05, 0.1) is 0 Å². The third kappa shape index (κ3) is 3.53. The fourth-order valence-corrected chi connectivity index (χ4v) is 2.84. The van der Waals surface area contributed by atoms with Crippen LogP contribution in [0.4, 0.5) is 0 Å². The number of aromatic nitrogens is 3. The molecule has 0 saturated heterocycles. The SMILES string of the molecule is Cc1nccn1CCCCNC(=O)[C@H]1C[C@@H]1c1cccnc1. The normalized spacial score (nSPS) is 19.9. The van der Waals surface area contributed by atoms with Gasteiger partial charge < -0.3 is 9.88 Å². The molecule has 5 heteroatoms. The van der Waals surface area contributed by atoms with Crippen LogP contribution in [-0.4, -0.2) is 27.0 Å². The number of nitrogens with one attached hydrogen (secondary N) is 1. The summed E-state index contributed by atoms with van der Waals surface area (Å²) < 4.78 is 2.14. The van der Waals surface area contributed by atoms with E-state index < -0.39 is 0 Å². The summed E-state index contributed by atoms with van der Waals surface area (Å²) >= 11 is 0. The quantitative estimate of drug-likeness (QED) is 0.798. The number of nitrogens with zero attached hydrogens (tertiary/aromatic N) is 3. The van der Waals surface area contributed by atoms with Crippen molar-refractivity contribution in [1.29, 1.82) is 0 Å². The Hall–Kier alpha value is -2.17. The average molecular weight is 298 g/mol. The Bertz CT molecular complexity index is 623. The average Bonchev–Trinajstić information content (AvgIpc) is 3.25. The van der Waals surface area contributed by atoms with Crippen molar-refractivity contribution in [1.82, 2.24) is 19.9 Å². The van der Waals surface area contributed by atoms with Gasteiger partial charge in [-0.2, -0.15) is 0 Å². The van der Waals surface area contributed by atoms with Gasteiger partial charge in [0.25, 0.3) is 0 Å². The van der Waals surface area contributed by atoms with E-state index in [-0.39, 0.29) is 11.8 Å². The monoisotopic (exact) mass is 298 g/mol. The second-order valence-corrected chi connectivity index (χ2v) is 5.90. The lowest BCUT2D eigenvalue weighted by Gasteiger charge is -2.07. The van der Waals surface area contributed by atoms with E-state index in [1.165, 1.54) is 5.56 Å². The van der Waals surface area contributed by atoms with Gasteiger partial charge in [0, 0.05) is 43.8 Å². The molecule has 1 aliphatic carbocycles. The van der Waals surface area contributed by atoms with Crippen LogP contribution in [-0.2, 0) is 11.3 Å². The largest absolute Gasteiger partial charge is 0.356 e. The molecule has 2 aromatic heterocycles. The molecule has 1 fully saturated rings. The minimum atomic E-state index is 0.139. The molecular weight excluding hydrogens is 276 g/mol. The Morgan fingerprint density at radius 1 is 1.41 bits per heavy atom. The van der Waals surface area contributed by atoms with Gasteiger partial charge in [-0.05, 0) is 43.7 Å². The number of rotatable bonds is 7. The minimum absolute atomic E-state index is 0.139. The lowest BCUT2D eigenvalue weighted by molar-refractivity contribution is -0.122. The lowest BCUT2D eigenvalue weighted by Crippen LogP contribution is -2.26. The van der Waals surface area contributed by atoms with Crippen LogP contribution >= 0.6 is 0 Å². The Morgan fingerprint density at radius 3 is 3.05 bits per heavy atom. The van der Waals surface area contributed by atoms with Crippen LogP contribution in [0.15, 0.2) is 36.9 Å². The van der Waals surface area contributed by atoms with Crippen LogP contribution in [0.25, 0.3) is 0 Å². The van der Waals surface area contributed by atoms with Crippen molar-refractivity contribution in [2.75, 3.05) is 6.54 Å². The summed E-state index contributed by atoms with van der Waals surface area (Å²) in [4.78, 5) is 20.4. The first-order chi connectivity index (χ1) is 10.8. The topological polar surface area (TPSA) is 59.8 Å². The van der Waals surface area contributed by atoms with E-state index in [2.05, 4.69) is 25.9 Å². The number of hydrogen-bond acceptors (Lipinski definition) is 3. The molecule has 2 heterocycles. The molecule has 2 aromatic rings. The summed E-state index contributed by atoms with van der Waals surface area (Å²) in [5.74, 6) is 1.73. The highest BCUT2D eigenvalue weighted by Gasteiger charge is 2.43. The van der Waals surface area contributed by atoms with Crippen molar-refractivity contribution in [3.8, 4) is 0 Å². The summed E-state index contributed by atoms with van der Waals surface area (Å²) in [6.07, 6.45) is 10.4. The first kappa shape index (κ1) is 14.8. The first-order valence-corrected chi connectivity index (χ1v) is 7.91. The van der Waals surface area contributed by atoms with E-state index >= 15 is 0 Å². The van der Waals surface area contributed by atoms with Crippen molar-refractivity contribution in [2.45, 2.75) is 38.6 Å². The van der Waals surface area contributed by atoms with Gasteiger partial charge in [0.1, 0.15) is 5.82 Å². The number of imidazole rings is 1. The van der Waals surface area contributed by atoms with Crippen molar-refractivity contribution < 1.29 is 4.79 Å². The predicted octanol–water partition coefficient (Wildman–Crippen LogP) is 2.29. The number of carbonyl (C=O) groups excluding carboxylic acids is 1. The molecule has 0 spiro atoms. The summed E-state index contributed by atoms with van der Waals surface area (Å²) in [6.45, 7) is 3.72. The van der Waals surface area contributed by atoms with E-state index in [1.807, 2.05) is 31.6 Å². The molecule has 1 saturated carbocycles. The Balaban J connectivity index is 1.33. The highest BCUT2D eigenvalue weighted by Crippen LogP contribution is 2.47. The highest BCUT2D eigenvalue weighted by atomic mass is 16.2. The lowest BCUT2D eigenvalue weighted by atomic mass is 10.1. The van der Waals surface area contributed by atoms with Crippen LogP contribution in [0.5, 0.6) is 0 Å². The van der Waals surface area contributed by atoms with Crippen molar-refractivity contribution >= 4 is 5.91 Å². The summed E-state index contributed by atoms with van der Waals surface area (Å²) in [7, 11) is 0. The number of amides is 1. The van der Waals surface area contributed by atoms with Gasteiger partial charge in [-0.3, -0.25) is 9.78 Å². The fraction of sp³-hybridized carbons (Fsp3) is 0.471. The van der Waals surface area contributed by atoms with E-state index in [1.54, 1.807) is 6.20 Å². The van der Waals surface area contributed by atoms with Crippen LogP contribution in [0.2, 0.25) is 0 Å². The molecule has 1 N–H and O–H groups in total. The van der Waals surface area contributed by atoms with E-state index in [9.17, 15) is 4.79 Å².